The van der Waals surface area contributed by atoms with E-state index >= 15 is 0 Å². The summed E-state index contributed by atoms with van der Waals surface area (Å²) in [6.07, 6.45) is 1.25. The molecule has 39 heavy (non-hydrogen) atoms. The Morgan fingerprint density at radius 2 is 1.82 bits per heavy atom. The topological polar surface area (TPSA) is 183 Å². The maximum absolute atomic E-state index is 13.8. The number of methoxy groups -OCH3 is 1. The summed E-state index contributed by atoms with van der Waals surface area (Å²) in [4.78, 5) is 69.6. The molecule has 4 N–H and O–H groups in total. The van der Waals surface area contributed by atoms with Gasteiger partial charge in [0.05, 0.1) is 24.8 Å². The molecule has 2 saturated carbocycles. The molecule has 3 aliphatic carbocycles. The molecule has 3 aliphatic rings. The summed E-state index contributed by atoms with van der Waals surface area (Å²) in [5.41, 5.74) is 4.78. The molecular weight excluding hydrogens is 508 g/mol. The molecule has 0 radical (unpaired) electrons. The number of ketones is 4. The molecule has 2 aromatic carbocycles. The molecule has 5 rings (SSSR count). The van der Waals surface area contributed by atoms with Gasteiger partial charge in [0.2, 0.25) is 5.91 Å². The Kier molecular flexibility index (Phi) is 6.34. The number of nitrogens with zero attached hydrogens (tertiary/aromatic N) is 1. The Morgan fingerprint density at radius 1 is 1.08 bits per heavy atom. The number of fused-ring (bicyclic) bond motifs is 3. The number of nitrogens with two attached hydrogens (primary N) is 1. The van der Waals surface area contributed by atoms with Gasteiger partial charge in [-0.25, -0.2) is 0 Å². The Balaban J connectivity index is 1.63. The van der Waals surface area contributed by atoms with Gasteiger partial charge >= 0.3 is 0 Å². The van der Waals surface area contributed by atoms with Gasteiger partial charge in [-0.05, 0) is 59.7 Å². The number of aromatic hydroxyl groups is 1. The van der Waals surface area contributed by atoms with Crippen molar-refractivity contribution in [1.82, 2.24) is 0 Å². The van der Waals surface area contributed by atoms with Gasteiger partial charge in [0, 0.05) is 17.9 Å². The molecule has 11 heteroatoms. The van der Waals surface area contributed by atoms with E-state index in [1.165, 1.54) is 26.5 Å². The van der Waals surface area contributed by atoms with Gasteiger partial charge in [0.1, 0.15) is 18.6 Å². The Morgan fingerprint density at radius 3 is 2.49 bits per heavy atom. The largest absolute Gasteiger partial charge is 0.507 e. The summed E-state index contributed by atoms with van der Waals surface area (Å²) in [6, 6.07) is 8.23. The van der Waals surface area contributed by atoms with Crippen LogP contribution in [0.1, 0.15) is 34.3 Å². The lowest BCUT2D eigenvalue weighted by Crippen LogP contribution is -2.68. The number of benzene rings is 2. The molecule has 2 unspecified atom stereocenters. The van der Waals surface area contributed by atoms with Crippen molar-refractivity contribution in [3.63, 3.8) is 0 Å². The first-order chi connectivity index (χ1) is 18.5. The first-order valence-electron chi connectivity index (χ1n) is 12.3. The van der Waals surface area contributed by atoms with Crippen LogP contribution in [0.15, 0.2) is 35.5 Å². The molecule has 202 valence electrons. The molecule has 11 nitrogen and oxygen atoms in total. The summed E-state index contributed by atoms with van der Waals surface area (Å²) < 4.78 is 5.54. The highest BCUT2D eigenvalue weighted by Crippen LogP contribution is 2.51. The number of aliphatic hydroxyl groups is 1. The molecular formula is C28H26N2O9. The number of hydrogen-bond acceptors (Lipinski definition) is 10. The van der Waals surface area contributed by atoms with E-state index in [4.69, 9.17) is 15.3 Å². The van der Waals surface area contributed by atoms with Crippen LogP contribution in [0.2, 0.25) is 0 Å². The fourth-order valence-electron chi connectivity index (χ4n) is 6.35. The van der Waals surface area contributed by atoms with E-state index in [1.807, 2.05) is 0 Å². The van der Waals surface area contributed by atoms with Gasteiger partial charge in [-0.3, -0.25) is 24.0 Å². The lowest BCUT2D eigenvalue weighted by molar-refractivity contribution is -0.175. The monoisotopic (exact) mass is 534 g/mol. The highest BCUT2D eigenvalue weighted by atomic mass is 16.6. The predicted octanol–water partition coefficient (Wildman–Crippen LogP) is 0.983. The SMILES string of the molecule is CO/N=C\c1ccc(OC)c(-c2ccc(O)c3c2C[C@H]2C[C@H]4CC(=O)C(C(N)=O)C(=O)[C@@]4(O)C(=O)C2C3=O)c1. The van der Waals surface area contributed by atoms with Crippen LogP contribution in [0.5, 0.6) is 11.5 Å². The minimum absolute atomic E-state index is 0.00775. The number of carbonyl (C=O) groups is 5. The number of phenolic OH excluding ortho intramolecular Hbond substituents is 1. The fourth-order valence-corrected chi connectivity index (χ4v) is 6.35. The van der Waals surface area contributed by atoms with Crippen molar-refractivity contribution in [2.24, 2.45) is 34.6 Å². The van der Waals surface area contributed by atoms with Gasteiger partial charge in [-0.15, -0.1) is 0 Å². The zero-order valence-corrected chi connectivity index (χ0v) is 21.2. The van der Waals surface area contributed by atoms with Crippen molar-refractivity contribution >= 4 is 35.3 Å². The van der Waals surface area contributed by atoms with Crippen LogP contribution in [0, 0.1) is 23.7 Å². The summed E-state index contributed by atoms with van der Waals surface area (Å²) in [7, 11) is 2.90. The number of phenols is 1. The number of ether oxygens (including phenoxy) is 1. The second-order valence-electron chi connectivity index (χ2n) is 10.1. The molecule has 1 amide bonds. The van der Waals surface area contributed by atoms with Gasteiger partial charge in [0.25, 0.3) is 0 Å². The van der Waals surface area contributed by atoms with Crippen LogP contribution >= 0.6 is 0 Å². The average Bonchev–Trinajstić information content (AvgIpc) is 2.89. The number of primary amides is 1. The summed E-state index contributed by atoms with van der Waals surface area (Å²) >= 11 is 0. The summed E-state index contributed by atoms with van der Waals surface area (Å²) in [6.45, 7) is 0. The van der Waals surface area contributed by atoms with E-state index < -0.39 is 64.7 Å². The minimum atomic E-state index is -2.69. The number of carbonyl (C=O) groups excluding carboxylic acids is 5. The van der Waals surface area contributed by atoms with Crippen molar-refractivity contribution in [3.8, 4) is 22.6 Å². The third kappa shape index (κ3) is 3.84. The summed E-state index contributed by atoms with van der Waals surface area (Å²) in [5, 5.41) is 25.8. The van der Waals surface area contributed by atoms with Gasteiger partial charge in [-0.2, -0.15) is 0 Å². The molecule has 0 saturated heterocycles. The fraction of sp³-hybridized carbons (Fsp3) is 0.357. The quantitative estimate of drug-likeness (QED) is 0.286. The van der Waals surface area contributed by atoms with Crippen LogP contribution < -0.4 is 10.5 Å². The van der Waals surface area contributed by atoms with E-state index in [0.29, 0.717) is 28.0 Å². The molecule has 0 aliphatic heterocycles. The smallest absolute Gasteiger partial charge is 0.235 e. The second-order valence-corrected chi connectivity index (χ2v) is 10.1. The normalized spacial score (nSPS) is 28.1. The van der Waals surface area contributed by atoms with Crippen molar-refractivity contribution in [1.29, 1.82) is 0 Å². The summed E-state index contributed by atoms with van der Waals surface area (Å²) in [5.74, 6) is -10.1. The second kappa shape index (κ2) is 9.42. The molecule has 0 heterocycles. The average molecular weight is 535 g/mol. The van der Waals surface area contributed by atoms with Crippen LogP contribution in [0.3, 0.4) is 0 Å². The highest BCUT2D eigenvalue weighted by molar-refractivity contribution is 6.31. The highest BCUT2D eigenvalue weighted by Gasteiger charge is 2.66. The molecule has 0 bridgehead atoms. The Bertz CT molecular complexity index is 1480. The lowest BCUT2D eigenvalue weighted by atomic mass is 9.53. The third-order valence-corrected chi connectivity index (χ3v) is 8.11. The van der Waals surface area contributed by atoms with E-state index in [0.717, 1.165) is 0 Å². The number of amides is 1. The molecule has 0 aromatic heterocycles. The van der Waals surface area contributed by atoms with E-state index in [-0.39, 0.29) is 24.2 Å². The van der Waals surface area contributed by atoms with Crippen LogP contribution in [-0.2, 0) is 30.4 Å². The molecule has 5 atom stereocenters. The zero-order valence-electron chi connectivity index (χ0n) is 21.2. The predicted molar refractivity (Wildman–Crippen MR) is 135 cm³/mol. The number of rotatable bonds is 5. The lowest BCUT2D eigenvalue weighted by Gasteiger charge is -2.48. The molecule has 2 aromatic rings. The number of hydrogen-bond donors (Lipinski definition) is 3. The maximum atomic E-state index is 13.8. The first-order valence-corrected chi connectivity index (χ1v) is 12.3. The van der Waals surface area contributed by atoms with Crippen molar-refractivity contribution in [2.45, 2.75) is 24.9 Å². The Hall–Kier alpha value is -4.38. The maximum Gasteiger partial charge on any atom is 0.235 e. The number of oxime groups is 1. The zero-order chi connectivity index (χ0) is 28.2. The Labute approximate surface area is 222 Å². The first kappa shape index (κ1) is 26.2. The van der Waals surface area contributed by atoms with Crippen molar-refractivity contribution < 1.29 is 43.8 Å². The van der Waals surface area contributed by atoms with Gasteiger partial charge in [-0.1, -0.05) is 11.2 Å². The van der Waals surface area contributed by atoms with Crippen molar-refractivity contribution in [2.75, 3.05) is 14.2 Å². The van der Waals surface area contributed by atoms with E-state index in [9.17, 15) is 34.2 Å². The van der Waals surface area contributed by atoms with Crippen LogP contribution in [-0.4, -0.2) is 65.3 Å². The standard InChI is InChI=1S/C28H26N2O9/c1-38-20-6-3-12(11-30-39-2)7-16(20)15-4-5-18(31)22-17(15)9-13-8-14-10-19(32)23(27(29)36)26(35)28(14,37)25(34)21(13)24(22)33/h3-7,11,13-14,21,23,31,37H,8-10H2,1-2H3,(H2,29,36)/b30-11-/t13-,14+,21?,23?,28+/m1/s1. The molecule has 0 spiro atoms. The van der Waals surface area contributed by atoms with Crippen molar-refractivity contribution in [3.05, 3.63) is 47.0 Å². The number of Topliss-reactive ketones (excluding diaryl/α,β-unsaturated/α-hetero) is 4. The minimum Gasteiger partial charge on any atom is -0.507 e. The molecule has 2 fully saturated rings. The third-order valence-electron chi connectivity index (χ3n) is 8.11. The van der Waals surface area contributed by atoms with Gasteiger partial charge in [0.15, 0.2) is 34.7 Å². The van der Waals surface area contributed by atoms with Crippen LogP contribution in [0.25, 0.3) is 11.1 Å². The van der Waals surface area contributed by atoms with Gasteiger partial charge < -0.3 is 25.5 Å². The van der Waals surface area contributed by atoms with Crippen LogP contribution in [0.4, 0.5) is 0 Å². The van der Waals surface area contributed by atoms with E-state index in [1.54, 1.807) is 24.3 Å². The van der Waals surface area contributed by atoms with E-state index in [2.05, 4.69) is 5.16 Å².